The molecule has 0 atom stereocenters. The Morgan fingerprint density at radius 1 is 1.12 bits per heavy atom. The summed E-state index contributed by atoms with van der Waals surface area (Å²) >= 11 is 1.67. The largest absolute Gasteiger partial charge is 0.496 e. The van der Waals surface area contributed by atoms with Crippen LogP contribution in [0, 0.1) is 20.8 Å². The van der Waals surface area contributed by atoms with Gasteiger partial charge in [0.05, 0.1) is 19.3 Å². The van der Waals surface area contributed by atoms with E-state index in [1.807, 2.05) is 72.0 Å². The van der Waals surface area contributed by atoms with Crippen LogP contribution < -0.4 is 4.74 Å². The van der Waals surface area contributed by atoms with Crippen LogP contribution in [0.15, 0.2) is 47.8 Å². The zero-order valence-electron chi connectivity index (χ0n) is 19.0. The smallest absolute Gasteiger partial charge is 0.223 e. The minimum atomic E-state index is 0.111. The van der Waals surface area contributed by atoms with Crippen molar-refractivity contribution in [2.45, 2.75) is 46.7 Å². The lowest BCUT2D eigenvalue weighted by molar-refractivity contribution is -0.132. The summed E-state index contributed by atoms with van der Waals surface area (Å²) in [6, 6.07) is 13.9. The number of rotatable bonds is 8. The summed E-state index contributed by atoms with van der Waals surface area (Å²) in [5, 5.41) is 6.59. The van der Waals surface area contributed by atoms with Crippen LogP contribution in [-0.4, -0.2) is 32.5 Å². The first-order valence-corrected chi connectivity index (χ1v) is 11.6. The topological polar surface area (TPSA) is 59.7 Å². The molecule has 3 heterocycles. The maximum Gasteiger partial charge on any atom is 0.223 e. The molecule has 7 heteroatoms. The van der Waals surface area contributed by atoms with Gasteiger partial charge in [0.25, 0.3) is 0 Å². The van der Waals surface area contributed by atoms with E-state index >= 15 is 0 Å². The van der Waals surface area contributed by atoms with Gasteiger partial charge in [-0.1, -0.05) is 24.3 Å². The Labute approximate surface area is 192 Å². The van der Waals surface area contributed by atoms with Gasteiger partial charge in [0, 0.05) is 40.9 Å². The third kappa shape index (κ3) is 4.67. The molecule has 0 spiro atoms. The number of carbonyl (C=O) groups is 1. The predicted octanol–water partition coefficient (Wildman–Crippen LogP) is 4.89. The fourth-order valence-corrected chi connectivity index (χ4v) is 4.77. The van der Waals surface area contributed by atoms with Gasteiger partial charge in [0.1, 0.15) is 5.75 Å². The number of hydrogen-bond donors (Lipinski definition) is 0. The number of thiophene rings is 1. The molecule has 3 aromatic heterocycles. The Kier molecular flexibility index (Phi) is 6.55. The van der Waals surface area contributed by atoms with Crippen molar-refractivity contribution >= 4 is 22.9 Å². The number of benzene rings is 1. The highest BCUT2D eigenvalue weighted by atomic mass is 32.1. The van der Waals surface area contributed by atoms with E-state index in [2.05, 4.69) is 11.2 Å². The monoisotopic (exact) mass is 448 g/mol. The lowest BCUT2D eigenvalue weighted by Crippen LogP contribution is -2.30. The third-order valence-electron chi connectivity index (χ3n) is 5.71. The summed E-state index contributed by atoms with van der Waals surface area (Å²) in [7, 11) is 1.66. The lowest BCUT2D eigenvalue weighted by Gasteiger charge is -2.24. The molecule has 0 bridgehead atoms. The second-order valence-electron chi connectivity index (χ2n) is 7.96. The number of fused-ring (bicyclic) bond motifs is 1. The summed E-state index contributed by atoms with van der Waals surface area (Å²) < 4.78 is 7.39. The standard InChI is InChI=1S/C25H28N4O2S/c1-17-14-24-26-18(2)22(19(3)29(24)27-17)11-12-25(30)28(16-21-9-7-13-32-21)15-20-8-5-6-10-23(20)31-4/h5-10,13-14H,11-12,15-16H2,1-4H3. The number of ether oxygens (including phenoxy) is 1. The van der Waals surface area contributed by atoms with Crippen LogP contribution in [0.5, 0.6) is 5.75 Å². The number of aromatic nitrogens is 3. The lowest BCUT2D eigenvalue weighted by atomic mass is 10.1. The molecule has 4 rings (SSSR count). The molecule has 0 saturated heterocycles. The fourth-order valence-electron chi connectivity index (χ4n) is 4.06. The molecule has 0 N–H and O–H groups in total. The number of methoxy groups -OCH3 is 1. The molecule has 0 aliphatic heterocycles. The molecule has 6 nitrogen and oxygen atoms in total. The fraction of sp³-hybridized carbons (Fsp3) is 0.320. The summed E-state index contributed by atoms with van der Waals surface area (Å²) in [5.74, 6) is 0.909. The molecule has 32 heavy (non-hydrogen) atoms. The normalized spacial score (nSPS) is 11.1. The number of para-hydroxylation sites is 1. The summed E-state index contributed by atoms with van der Waals surface area (Å²) in [6.07, 6.45) is 1.04. The Morgan fingerprint density at radius 3 is 2.69 bits per heavy atom. The van der Waals surface area contributed by atoms with E-state index in [1.54, 1.807) is 18.4 Å². The van der Waals surface area contributed by atoms with Gasteiger partial charge in [0.15, 0.2) is 5.65 Å². The van der Waals surface area contributed by atoms with Gasteiger partial charge in [0.2, 0.25) is 5.91 Å². The van der Waals surface area contributed by atoms with Crippen LogP contribution in [0.3, 0.4) is 0 Å². The molecular weight excluding hydrogens is 420 g/mol. The molecule has 0 aliphatic rings. The molecule has 4 aromatic rings. The van der Waals surface area contributed by atoms with Crippen LogP contribution in [0.1, 0.15) is 39.5 Å². The predicted molar refractivity (Wildman–Crippen MR) is 127 cm³/mol. The maximum absolute atomic E-state index is 13.4. The molecular formula is C25H28N4O2S. The van der Waals surface area contributed by atoms with Crippen molar-refractivity contribution in [2.24, 2.45) is 0 Å². The average molecular weight is 449 g/mol. The molecule has 166 valence electrons. The number of aryl methyl sites for hydroxylation is 3. The van der Waals surface area contributed by atoms with Gasteiger partial charge >= 0.3 is 0 Å². The second-order valence-corrected chi connectivity index (χ2v) is 8.99. The number of nitrogens with zero attached hydrogens (tertiary/aromatic N) is 4. The molecule has 0 saturated carbocycles. The van der Waals surface area contributed by atoms with Gasteiger partial charge in [-0.05, 0) is 50.3 Å². The van der Waals surface area contributed by atoms with Crippen LogP contribution in [-0.2, 0) is 24.3 Å². The highest BCUT2D eigenvalue weighted by Crippen LogP contribution is 2.23. The van der Waals surface area contributed by atoms with Crippen molar-refractivity contribution in [1.29, 1.82) is 0 Å². The van der Waals surface area contributed by atoms with E-state index < -0.39 is 0 Å². The van der Waals surface area contributed by atoms with Crippen molar-refractivity contribution in [3.63, 3.8) is 0 Å². The van der Waals surface area contributed by atoms with Crippen molar-refractivity contribution in [3.05, 3.63) is 80.9 Å². The molecule has 0 radical (unpaired) electrons. The Hall–Kier alpha value is -3.19. The van der Waals surface area contributed by atoms with Gasteiger partial charge in [-0.15, -0.1) is 11.3 Å². The second kappa shape index (κ2) is 9.53. The Balaban J connectivity index is 1.55. The first kappa shape index (κ1) is 22.0. The molecule has 1 aromatic carbocycles. The van der Waals surface area contributed by atoms with Crippen LogP contribution >= 0.6 is 11.3 Å². The van der Waals surface area contributed by atoms with Crippen molar-refractivity contribution in [1.82, 2.24) is 19.5 Å². The number of amides is 1. The van der Waals surface area contributed by atoms with Crippen LogP contribution in [0.2, 0.25) is 0 Å². The quantitative estimate of drug-likeness (QED) is 0.385. The van der Waals surface area contributed by atoms with Crippen molar-refractivity contribution < 1.29 is 9.53 Å². The number of carbonyl (C=O) groups excluding carboxylic acids is 1. The van der Waals surface area contributed by atoms with E-state index in [0.717, 1.165) is 44.5 Å². The van der Waals surface area contributed by atoms with Gasteiger partial charge in [-0.2, -0.15) is 5.10 Å². The molecule has 1 amide bonds. The van der Waals surface area contributed by atoms with Gasteiger partial charge in [-0.3, -0.25) is 4.79 Å². The summed E-state index contributed by atoms with van der Waals surface area (Å²) in [6.45, 7) is 7.11. The summed E-state index contributed by atoms with van der Waals surface area (Å²) in [4.78, 5) is 21.2. The minimum absolute atomic E-state index is 0.111. The highest BCUT2D eigenvalue weighted by molar-refractivity contribution is 7.09. The molecule has 0 unspecified atom stereocenters. The van der Waals surface area contributed by atoms with E-state index in [4.69, 9.17) is 9.72 Å². The van der Waals surface area contributed by atoms with E-state index in [0.29, 0.717) is 25.9 Å². The third-order valence-corrected chi connectivity index (χ3v) is 6.57. The van der Waals surface area contributed by atoms with Crippen LogP contribution in [0.25, 0.3) is 5.65 Å². The zero-order valence-corrected chi connectivity index (χ0v) is 19.8. The summed E-state index contributed by atoms with van der Waals surface area (Å²) in [5.41, 5.74) is 5.88. The van der Waals surface area contributed by atoms with E-state index in [-0.39, 0.29) is 5.91 Å². The maximum atomic E-state index is 13.4. The minimum Gasteiger partial charge on any atom is -0.496 e. The number of hydrogen-bond acceptors (Lipinski definition) is 5. The van der Waals surface area contributed by atoms with E-state index in [1.165, 1.54) is 0 Å². The van der Waals surface area contributed by atoms with E-state index in [9.17, 15) is 4.79 Å². The molecule has 0 fully saturated rings. The first-order valence-electron chi connectivity index (χ1n) is 10.7. The Bertz CT molecular complexity index is 1230. The van der Waals surface area contributed by atoms with Gasteiger partial charge < -0.3 is 9.64 Å². The van der Waals surface area contributed by atoms with Crippen molar-refractivity contribution in [3.8, 4) is 5.75 Å². The highest BCUT2D eigenvalue weighted by Gasteiger charge is 2.19. The molecule has 0 aliphatic carbocycles. The average Bonchev–Trinajstić information content (AvgIpc) is 3.42. The van der Waals surface area contributed by atoms with Crippen LogP contribution in [0.4, 0.5) is 0 Å². The van der Waals surface area contributed by atoms with Gasteiger partial charge in [-0.25, -0.2) is 9.50 Å². The SMILES string of the molecule is COc1ccccc1CN(Cc1cccs1)C(=O)CCc1c(C)nc2cc(C)nn2c1C. The van der Waals surface area contributed by atoms with Crippen molar-refractivity contribution in [2.75, 3.05) is 7.11 Å². The Morgan fingerprint density at radius 2 is 1.94 bits per heavy atom. The first-order chi connectivity index (χ1) is 15.5. The zero-order chi connectivity index (χ0) is 22.7.